The highest BCUT2D eigenvalue weighted by Crippen LogP contribution is 2.34. The van der Waals surface area contributed by atoms with Crippen LogP contribution in [0.1, 0.15) is 5.56 Å². The van der Waals surface area contributed by atoms with Gasteiger partial charge in [0, 0.05) is 15.4 Å². The molecule has 2 aromatic rings. The van der Waals surface area contributed by atoms with E-state index in [2.05, 4.69) is 22.0 Å². The monoisotopic (exact) mass is 256 g/mol. The molecule has 0 aliphatic carbocycles. The second-order valence-corrected chi connectivity index (χ2v) is 4.34. The Bertz CT molecular complexity index is 450. The molecule has 4 heteroatoms. The summed E-state index contributed by atoms with van der Waals surface area (Å²) in [6.45, 7) is 0. The van der Waals surface area contributed by atoms with Crippen molar-refractivity contribution in [1.82, 2.24) is 0 Å². The van der Waals surface area contributed by atoms with Gasteiger partial charge in [-0.05, 0) is 23.1 Å². The minimum absolute atomic E-state index is 0.697. The maximum Gasteiger partial charge on any atom is 0.0639 e. The zero-order chi connectivity index (χ0) is 9.42. The number of halogens is 1. The first kappa shape index (κ1) is 8.84. The van der Waals surface area contributed by atoms with Gasteiger partial charge in [0.15, 0.2) is 0 Å². The zero-order valence-corrected chi connectivity index (χ0v) is 9.28. The van der Waals surface area contributed by atoms with Gasteiger partial charge >= 0.3 is 0 Å². The summed E-state index contributed by atoms with van der Waals surface area (Å²) in [5.74, 6) is 0. The predicted molar refractivity (Wildman–Crippen MR) is 63.3 cm³/mol. The molecule has 1 aromatic heterocycles. The van der Waals surface area contributed by atoms with Gasteiger partial charge in [0.25, 0.3) is 0 Å². The van der Waals surface area contributed by atoms with Gasteiger partial charge in [0.1, 0.15) is 0 Å². The lowest BCUT2D eigenvalue weighted by atomic mass is 10.1. The third-order valence-corrected chi connectivity index (χ3v) is 3.54. The molecule has 0 unspecified atom stereocenters. The summed E-state index contributed by atoms with van der Waals surface area (Å²) < 4.78 is 1.20. The normalized spacial score (nSPS) is 10.8. The molecule has 0 bridgehead atoms. The van der Waals surface area contributed by atoms with Crippen LogP contribution in [0.5, 0.6) is 0 Å². The van der Waals surface area contributed by atoms with E-state index in [1.165, 1.54) is 4.70 Å². The van der Waals surface area contributed by atoms with Gasteiger partial charge in [-0.25, -0.2) is 0 Å². The molecule has 0 aliphatic rings. The molecule has 13 heavy (non-hydrogen) atoms. The number of nitrogen functional groups attached to an aromatic ring is 2. The van der Waals surface area contributed by atoms with Crippen molar-refractivity contribution in [1.29, 1.82) is 0 Å². The van der Waals surface area contributed by atoms with Gasteiger partial charge in [-0.15, -0.1) is 11.3 Å². The summed E-state index contributed by atoms with van der Waals surface area (Å²) in [7, 11) is 0. The number of hydrogen-bond acceptors (Lipinski definition) is 3. The van der Waals surface area contributed by atoms with E-state index in [9.17, 15) is 0 Å². The first-order chi connectivity index (χ1) is 6.24. The van der Waals surface area contributed by atoms with Crippen LogP contribution in [0.25, 0.3) is 10.1 Å². The fourth-order valence-electron chi connectivity index (χ4n) is 1.32. The highest BCUT2D eigenvalue weighted by Gasteiger charge is 2.07. The largest absolute Gasteiger partial charge is 0.397 e. The molecule has 0 spiro atoms. The third kappa shape index (κ3) is 1.30. The smallest absolute Gasteiger partial charge is 0.0639 e. The molecule has 0 radical (unpaired) electrons. The fourth-order valence-corrected chi connectivity index (χ4v) is 2.65. The lowest BCUT2D eigenvalue weighted by Gasteiger charge is -2.06. The Labute approximate surface area is 88.7 Å². The molecular weight excluding hydrogens is 248 g/mol. The maximum atomic E-state index is 5.90. The average Bonchev–Trinajstić information content (AvgIpc) is 2.59. The SMILES string of the molecule is Nc1c(CBr)cc2sccc2c1N. The van der Waals surface area contributed by atoms with Gasteiger partial charge in [0.2, 0.25) is 0 Å². The molecule has 0 aliphatic heterocycles. The van der Waals surface area contributed by atoms with Crippen LogP contribution in [0.2, 0.25) is 0 Å². The fraction of sp³-hybridized carbons (Fsp3) is 0.111. The number of nitrogens with two attached hydrogens (primary N) is 2. The van der Waals surface area contributed by atoms with Crippen LogP contribution < -0.4 is 11.5 Å². The molecule has 68 valence electrons. The summed E-state index contributed by atoms with van der Waals surface area (Å²) in [4.78, 5) is 0. The van der Waals surface area contributed by atoms with Crippen LogP contribution in [0.15, 0.2) is 17.5 Å². The van der Waals surface area contributed by atoms with Crippen LogP contribution in [0.3, 0.4) is 0 Å². The zero-order valence-electron chi connectivity index (χ0n) is 6.88. The second kappa shape index (κ2) is 3.20. The molecule has 1 heterocycles. The molecule has 2 rings (SSSR count). The van der Waals surface area contributed by atoms with E-state index in [0.717, 1.165) is 16.3 Å². The average molecular weight is 257 g/mol. The van der Waals surface area contributed by atoms with Crippen molar-refractivity contribution in [2.24, 2.45) is 0 Å². The lowest BCUT2D eigenvalue weighted by molar-refractivity contribution is 1.47. The summed E-state index contributed by atoms with van der Waals surface area (Å²) in [6, 6.07) is 4.09. The number of rotatable bonds is 1. The Morgan fingerprint density at radius 1 is 1.31 bits per heavy atom. The Balaban J connectivity index is 2.83. The molecular formula is C9H9BrN2S. The van der Waals surface area contributed by atoms with Crippen molar-refractivity contribution in [3.05, 3.63) is 23.1 Å². The van der Waals surface area contributed by atoms with Gasteiger partial charge in [0.05, 0.1) is 11.4 Å². The van der Waals surface area contributed by atoms with E-state index >= 15 is 0 Å². The van der Waals surface area contributed by atoms with Gasteiger partial charge < -0.3 is 11.5 Å². The lowest BCUT2D eigenvalue weighted by Crippen LogP contribution is -1.98. The van der Waals surface area contributed by atoms with Gasteiger partial charge in [-0.2, -0.15) is 0 Å². The van der Waals surface area contributed by atoms with Gasteiger partial charge in [-0.3, -0.25) is 0 Å². The summed E-state index contributed by atoms with van der Waals surface area (Å²) in [5, 5.41) is 3.84. The highest BCUT2D eigenvalue weighted by atomic mass is 79.9. The standard InChI is InChI=1S/C9H9BrN2S/c10-4-5-3-7-6(1-2-13-7)9(12)8(5)11/h1-3H,4,11-12H2. The van der Waals surface area contributed by atoms with E-state index in [1.54, 1.807) is 11.3 Å². The topological polar surface area (TPSA) is 52.0 Å². The van der Waals surface area contributed by atoms with Crippen molar-refractivity contribution in [3.8, 4) is 0 Å². The molecule has 1 aromatic carbocycles. The molecule has 0 atom stereocenters. The first-order valence-corrected chi connectivity index (χ1v) is 5.84. The number of benzene rings is 1. The molecule has 0 saturated carbocycles. The van der Waals surface area contributed by atoms with Crippen LogP contribution in [-0.2, 0) is 5.33 Å². The molecule has 2 nitrogen and oxygen atoms in total. The molecule has 0 fully saturated rings. The summed E-state index contributed by atoms with van der Waals surface area (Å²) in [6.07, 6.45) is 0. The van der Waals surface area contributed by atoms with Crippen molar-refractivity contribution in [3.63, 3.8) is 0 Å². The van der Waals surface area contributed by atoms with Crippen molar-refractivity contribution >= 4 is 48.7 Å². The summed E-state index contributed by atoms with van der Waals surface area (Å²) >= 11 is 5.07. The van der Waals surface area contributed by atoms with E-state index < -0.39 is 0 Å². The Kier molecular flexibility index (Phi) is 2.17. The number of fused-ring (bicyclic) bond motifs is 1. The molecule has 4 N–H and O–H groups in total. The van der Waals surface area contributed by atoms with Crippen LogP contribution >= 0.6 is 27.3 Å². The van der Waals surface area contributed by atoms with E-state index in [0.29, 0.717) is 11.4 Å². The van der Waals surface area contributed by atoms with Gasteiger partial charge in [-0.1, -0.05) is 15.9 Å². The maximum absolute atomic E-state index is 5.90. The Hall–Kier alpha value is -0.740. The Morgan fingerprint density at radius 2 is 2.08 bits per heavy atom. The number of alkyl halides is 1. The second-order valence-electron chi connectivity index (χ2n) is 2.83. The minimum atomic E-state index is 0.697. The van der Waals surface area contributed by atoms with Crippen LogP contribution in [0.4, 0.5) is 11.4 Å². The van der Waals surface area contributed by atoms with E-state index in [1.807, 2.05) is 11.4 Å². The van der Waals surface area contributed by atoms with E-state index in [-0.39, 0.29) is 0 Å². The van der Waals surface area contributed by atoms with Crippen LogP contribution in [-0.4, -0.2) is 0 Å². The predicted octanol–water partition coefficient (Wildman–Crippen LogP) is 2.96. The van der Waals surface area contributed by atoms with Crippen LogP contribution in [0, 0.1) is 0 Å². The number of hydrogen-bond donors (Lipinski definition) is 2. The van der Waals surface area contributed by atoms with Crippen molar-refractivity contribution < 1.29 is 0 Å². The van der Waals surface area contributed by atoms with Crippen molar-refractivity contribution in [2.45, 2.75) is 5.33 Å². The molecule has 0 saturated heterocycles. The summed E-state index contributed by atoms with van der Waals surface area (Å²) in [5.41, 5.74) is 14.2. The molecule has 0 amide bonds. The van der Waals surface area contributed by atoms with Crippen molar-refractivity contribution in [2.75, 3.05) is 11.5 Å². The highest BCUT2D eigenvalue weighted by molar-refractivity contribution is 9.08. The first-order valence-electron chi connectivity index (χ1n) is 3.84. The quantitative estimate of drug-likeness (QED) is 0.609. The number of thiophene rings is 1. The van der Waals surface area contributed by atoms with E-state index in [4.69, 9.17) is 11.5 Å². The number of anilines is 2. The third-order valence-electron chi connectivity index (χ3n) is 2.07. The Morgan fingerprint density at radius 3 is 2.77 bits per heavy atom. The minimum Gasteiger partial charge on any atom is -0.397 e.